The summed E-state index contributed by atoms with van der Waals surface area (Å²) < 4.78 is 37.5. The van der Waals surface area contributed by atoms with Gasteiger partial charge in [0.2, 0.25) is 5.76 Å². The molecule has 0 aliphatic carbocycles. The molecular weight excluding hydrogens is 195 g/mol. The molecule has 74 valence electrons. The molecule has 0 rings (SSSR count). The van der Waals surface area contributed by atoms with Gasteiger partial charge in [0.1, 0.15) is 6.26 Å². The fourth-order valence-electron chi connectivity index (χ4n) is 0.234. The molecule has 1 amide bonds. The number of rotatable bonds is 2. The van der Waals surface area contributed by atoms with Crippen LogP contribution in [0.2, 0.25) is 0 Å². The molecule has 5 nitrogen and oxygen atoms in total. The summed E-state index contributed by atoms with van der Waals surface area (Å²) in [7, 11) is 0. The van der Waals surface area contributed by atoms with Gasteiger partial charge in [0.25, 0.3) is 5.91 Å². The highest BCUT2D eigenvalue weighted by Gasteiger charge is 2.40. The molecule has 0 fully saturated rings. The summed E-state index contributed by atoms with van der Waals surface area (Å²) in [6.45, 7) is 0. The second kappa shape index (κ2) is 3.78. The minimum atomic E-state index is -5.19. The van der Waals surface area contributed by atoms with Crippen molar-refractivity contribution in [3.05, 3.63) is 12.0 Å². The number of carbonyl (C=O) groups excluding carboxylic acids is 2. The maximum atomic E-state index is 11.4. The Kier molecular flexibility index (Phi) is 3.28. The molecule has 0 heterocycles. The smallest absolute Gasteiger partial charge is 0.491 e. The lowest BCUT2D eigenvalue weighted by atomic mass is 10.5. The molecule has 0 saturated carbocycles. The summed E-state index contributed by atoms with van der Waals surface area (Å²) in [6, 6.07) is 0. The first kappa shape index (κ1) is 11.3. The predicted molar refractivity (Wildman–Crippen MR) is 32.1 cm³/mol. The number of hydrogen-bond acceptors (Lipinski definition) is 4. The third kappa shape index (κ3) is 3.99. The van der Waals surface area contributed by atoms with Gasteiger partial charge in [-0.15, -0.1) is 0 Å². The fraction of sp³-hybridized carbons (Fsp3) is 0.200. The van der Waals surface area contributed by atoms with E-state index in [1.165, 1.54) is 0 Å². The molecule has 0 unspecified atom stereocenters. The van der Waals surface area contributed by atoms with Crippen LogP contribution in [0.1, 0.15) is 0 Å². The quantitative estimate of drug-likeness (QED) is 0.371. The zero-order valence-corrected chi connectivity index (χ0v) is 5.96. The molecular formula is C5H4F3NO4. The predicted octanol–water partition coefficient (Wildman–Crippen LogP) is -0.0234. The van der Waals surface area contributed by atoms with E-state index in [0.717, 1.165) is 0 Å². The van der Waals surface area contributed by atoms with Gasteiger partial charge >= 0.3 is 12.1 Å². The van der Waals surface area contributed by atoms with Crippen LogP contribution in [0.5, 0.6) is 0 Å². The van der Waals surface area contributed by atoms with E-state index < -0.39 is 23.8 Å². The number of aliphatic hydroxyl groups is 1. The first-order chi connectivity index (χ1) is 5.75. The topological polar surface area (TPSA) is 89.6 Å². The summed E-state index contributed by atoms with van der Waals surface area (Å²) in [5.41, 5.74) is 4.40. The summed E-state index contributed by atoms with van der Waals surface area (Å²) in [4.78, 5) is 19.9. The zero-order chi connectivity index (χ0) is 10.6. The van der Waals surface area contributed by atoms with Crippen molar-refractivity contribution in [1.82, 2.24) is 0 Å². The van der Waals surface area contributed by atoms with E-state index >= 15 is 0 Å². The minimum Gasteiger partial charge on any atom is -0.501 e. The van der Waals surface area contributed by atoms with Gasteiger partial charge in [0, 0.05) is 0 Å². The van der Waals surface area contributed by atoms with Crippen molar-refractivity contribution in [3.8, 4) is 0 Å². The zero-order valence-electron chi connectivity index (χ0n) is 5.96. The van der Waals surface area contributed by atoms with E-state index in [2.05, 4.69) is 10.5 Å². The molecule has 0 saturated heterocycles. The molecule has 0 aliphatic rings. The number of ether oxygens (including phenoxy) is 1. The molecule has 0 atom stereocenters. The number of amides is 1. The number of primary amides is 1. The maximum absolute atomic E-state index is 11.4. The van der Waals surface area contributed by atoms with Crippen LogP contribution >= 0.6 is 0 Å². The highest BCUT2D eigenvalue weighted by Crippen LogP contribution is 2.16. The highest BCUT2D eigenvalue weighted by atomic mass is 19.4. The lowest BCUT2D eigenvalue weighted by molar-refractivity contribution is -0.194. The second-order valence-corrected chi connectivity index (χ2v) is 1.77. The number of aliphatic hydroxyl groups excluding tert-OH is 1. The summed E-state index contributed by atoms with van der Waals surface area (Å²) in [6.07, 6.45) is -5.27. The van der Waals surface area contributed by atoms with Gasteiger partial charge in [-0.1, -0.05) is 0 Å². The molecule has 0 aromatic heterocycles. The second-order valence-electron chi connectivity index (χ2n) is 1.77. The van der Waals surface area contributed by atoms with E-state index in [1.54, 1.807) is 0 Å². The van der Waals surface area contributed by atoms with Gasteiger partial charge in [-0.3, -0.25) is 4.79 Å². The van der Waals surface area contributed by atoms with Crippen LogP contribution in [0.15, 0.2) is 12.0 Å². The molecule has 13 heavy (non-hydrogen) atoms. The van der Waals surface area contributed by atoms with Gasteiger partial charge in [-0.2, -0.15) is 13.2 Å². The van der Waals surface area contributed by atoms with Crippen LogP contribution in [-0.4, -0.2) is 23.2 Å². The Morgan fingerprint density at radius 3 is 2.15 bits per heavy atom. The molecule has 3 N–H and O–H groups in total. The van der Waals surface area contributed by atoms with E-state index in [4.69, 9.17) is 5.11 Å². The van der Waals surface area contributed by atoms with E-state index in [-0.39, 0.29) is 6.26 Å². The standard InChI is InChI=1S/C5H4F3NO4/c6-5(7,8)4(12)13-1-2(10)3(9)11/h1,10H,(H2,9,11)/b2-1-. The Balaban J connectivity index is 4.26. The van der Waals surface area contributed by atoms with Crippen molar-refractivity contribution in [3.63, 3.8) is 0 Å². The lowest BCUT2D eigenvalue weighted by Gasteiger charge is -2.02. The van der Waals surface area contributed by atoms with Crippen molar-refractivity contribution in [2.75, 3.05) is 0 Å². The van der Waals surface area contributed by atoms with Crippen LogP contribution < -0.4 is 5.73 Å². The summed E-state index contributed by atoms with van der Waals surface area (Å²) >= 11 is 0. The minimum absolute atomic E-state index is 0.0852. The van der Waals surface area contributed by atoms with Gasteiger partial charge in [-0.25, -0.2) is 4.79 Å². The maximum Gasteiger partial charge on any atom is 0.491 e. The molecule has 0 spiro atoms. The molecule has 0 aromatic rings. The SMILES string of the molecule is NC(=O)/C(O)=C/OC(=O)C(F)(F)F. The van der Waals surface area contributed by atoms with Crippen molar-refractivity contribution in [2.45, 2.75) is 6.18 Å². The number of halogens is 3. The third-order valence-corrected chi connectivity index (χ3v) is 0.762. The molecule has 0 aliphatic heterocycles. The normalized spacial score (nSPS) is 12.4. The van der Waals surface area contributed by atoms with Gasteiger partial charge in [0.15, 0.2) is 0 Å². The summed E-state index contributed by atoms with van der Waals surface area (Å²) in [5.74, 6) is -5.24. The highest BCUT2D eigenvalue weighted by molar-refractivity contribution is 5.89. The first-order valence-corrected chi connectivity index (χ1v) is 2.72. The van der Waals surface area contributed by atoms with Crippen LogP contribution in [-0.2, 0) is 14.3 Å². The van der Waals surface area contributed by atoms with Gasteiger partial charge in [0.05, 0.1) is 0 Å². The van der Waals surface area contributed by atoms with Crippen LogP contribution in [0.3, 0.4) is 0 Å². The van der Waals surface area contributed by atoms with Crippen LogP contribution in [0.4, 0.5) is 13.2 Å². The van der Waals surface area contributed by atoms with E-state index in [1.807, 2.05) is 0 Å². The number of alkyl halides is 3. The number of esters is 1. The lowest BCUT2D eigenvalue weighted by Crippen LogP contribution is -2.24. The largest absolute Gasteiger partial charge is 0.501 e. The number of hydrogen-bond donors (Lipinski definition) is 2. The van der Waals surface area contributed by atoms with E-state index in [0.29, 0.717) is 0 Å². The van der Waals surface area contributed by atoms with Gasteiger partial charge < -0.3 is 15.6 Å². The Labute approximate surface area is 69.6 Å². The molecule has 0 aromatic carbocycles. The van der Waals surface area contributed by atoms with Crippen molar-refractivity contribution >= 4 is 11.9 Å². The van der Waals surface area contributed by atoms with E-state index in [9.17, 15) is 22.8 Å². The van der Waals surface area contributed by atoms with Crippen molar-refractivity contribution in [2.24, 2.45) is 5.73 Å². The number of carbonyl (C=O) groups is 2. The Morgan fingerprint density at radius 1 is 1.38 bits per heavy atom. The third-order valence-electron chi connectivity index (χ3n) is 0.762. The monoisotopic (exact) mass is 199 g/mol. The van der Waals surface area contributed by atoms with Gasteiger partial charge in [-0.05, 0) is 0 Å². The van der Waals surface area contributed by atoms with Crippen molar-refractivity contribution in [1.29, 1.82) is 0 Å². The molecule has 0 bridgehead atoms. The fourth-order valence-corrected chi connectivity index (χ4v) is 0.234. The van der Waals surface area contributed by atoms with Crippen LogP contribution in [0.25, 0.3) is 0 Å². The Morgan fingerprint density at radius 2 is 1.85 bits per heavy atom. The van der Waals surface area contributed by atoms with Crippen molar-refractivity contribution < 1.29 is 32.6 Å². The summed E-state index contributed by atoms with van der Waals surface area (Å²) in [5, 5.41) is 8.38. The first-order valence-electron chi connectivity index (χ1n) is 2.72. The number of nitrogens with two attached hydrogens (primary N) is 1. The van der Waals surface area contributed by atoms with Crippen LogP contribution in [0, 0.1) is 0 Å². The Hall–Kier alpha value is -1.73. The average molecular weight is 199 g/mol. The molecule has 8 heteroatoms. The Bertz CT molecular complexity index is 257. The average Bonchev–Trinajstić information content (AvgIpc) is 1.97. The molecule has 0 radical (unpaired) electrons.